The van der Waals surface area contributed by atoms with Crippen LogP contribution < -0.4 is 5.32 Å². The van der Waals surface area contributed by atoms with E-state index >= 15 is 0 Å². The maximum Gasteiger partial charge on any atom is 0.220 e. The molecule has 1 unspecified atom stereocenters. The molecule has 0 fully saturated rings. The van der Waals surface area contributed by atoms with E-state index < -0.39 is 11.6 Å². The minimum Gasteiger partial charge on any atom is -0.391 e. The van der Waals surface area contributed by atoms with E-state index in [0.29, 0.717) is 0 Å². The second-order valence-corrected chi connectivity index (χ2v) is 4.15. The Bertz CT molecular complexity index is 221. The summed E-state index contributed by atoms with van der Waals surface area (Å²) in [5.74, 6) is -0.207. The molecule has 0 rings (SSSR count). The molecule has 0 spiro atoms. The van der Waals surface area contributed by atoms with Gasteiger partial charge >= 0.3 is 0 Å². The van der Waals surface area contributed by atoms with Crippen molar-refractivity contribution >= 4 is 11.7 Å². The lowest BCUT2D eigenvalue weighted by Crippen LogP contribution is -2.50. The molecule has 0 bridgehead atoms. The summed E-state index contributed by atoms with van der Waals surface area (Å²) in [6, 6.07) is 0. The van der Waals surface area contributed by atoms with Gasteiger partial charge in [-0.1, -0.05) is 0 Å². The number of ketones is 1. The maximum atomic E-state index is 11.3. The number of hydrogen-bond donors (Lipinski definition) is 2. The van der Waals surface area contributed by atoms with E-state index in [-0.39, 0.29) is 24.5 Å². The number of rotatable bonds is 5. The third-order valence-corrected chi connectivity index (χ3v) is 2.21. The van der Waals surface area contributed by atoms with Gasteiger partial charge in [0.2, 0.25) is 5.91 Å². The van der Waals surface area contributed by atoms with Gasteiger partial charge in [-0.15, -0.1) is 0 Å². The molecule has 0 heterocycles. The van der Waals surface area contributed by atoms with Gasteiger partial charge in [-0.2, -0.15) is 0 Å². The van der Waals surface area contributed by atoms with E-state index in [1.807, 2.05) is 0 Å². The van der Waals surface area contributed by atoms with Crippen molar-refractivity contribution in [3.63, 3.8) is 0 Å². The van der Waals surface area contributed by atoms with E-state index in [4.69, 9.17) is 0 Å². The first-order valence-electron chi connectivity index (χ1n) is 4.74. The van der Waals surface area contributed by atoms with Crippen molar-refractivity contribution in [3.8, 4) is 0 Å². The van der Waals surface area contributed by atoms with E-state index in [2.05, 4.69) is 5.32 Å². The molecule has 4 nitrogen and oxygen atoms in total. The Morgan fingerprint density at radius 2 is 1.86 bits per heavy atom. The van der Waals surface area contributed by atoms with Gasteiger partial charge in [-0.25, -0.2) is 0 Å². The zero-order valence-corrected chi connectivity index (χ0v) is 9.26. The Kier molecular flexibility index (Phi) is 4.77. The fourth-order valence-electron chi connectivity index (χ4n) is 0.816. The van der Waals surface area contributed by atoms with Gasteiger partial charge in [0.1, 0.15) is 5.78 Å². The highest BCUT2D eigenvalue weighted by atomic mass is 16.3. The molecule has 0 aromatic heterocycles. The van der Waals surface area contributed by atoms with Crippen LogP contribution in [0.25, 0.3) is 0 Å². The monoisotopic (exact) mass is 201 g/mol. The lowest BCUT2D eigenvalue weighted by atomic mass is 9.98. The first-order chi connectivity index (χ1) is 6.25. The summed E-state index contributed by atoms with van der Waals surface area (Å²) in [4.78, 5) is 21.9. The van der Waals surface area contributed by atoms with Crippen LogP contribution in [0.3, 0.4) is 0 Å². The zero-order chi connectivity index (χ0) is 11.4. The van der Waals surface area contributed by atoms with Crippen molar-refractivity contribution in [1.29, 1.82) is 0 Å². The highest BCUT2D eigenvalue weighted by molar-refractivity contribution is 5.83. The number of amides is 1. The topological polar surface area (TPSA) is 66.4 Å². The average molecular weight is 201 g/mol. The molecule has 4 heteroatoms. The lowest BCUT2D eigenvalue weighted by Gasteiger charge is -2.29. The van der Waals surface area contributed by atoms with Crippen molar-refractivity contribution in [2.45, 2.75) is 52.2 Å². The third kappa shape index (κ3) is 4.97. The predicted molar refractivity (Wildman–Crippen MR) is 53.8 cm³/mol. The normalized spacial score (nSPS) is 13.5. The van der Waals surface area contributed by atoms with Crippen LogP contribution in [0, 0.1) is 0 Å². The van der Waals surface area contributed by atoms with E-state index in [9.17, 15) is 14.7 Å². The summed E-state index contributed by atoms with van der Waals surface area (Å²) in [7, 11) is 0. The van der Waals surface area contributed by atoms with Crippen molar-refractivity contribution in [3.05, 3.63) is 0 Å². The second-order valence-electron chi connectivity index (χ2n) is 4.15. The van der Waals surface area contributed by atoms with Gasteiger partial charge in [0, 0.05) is 12.8 Å². The average Bonchev–Trinajstić information content (AvgIpc) is 1.99. The SMILES string of the molecule is CC(=O)CCC(=O)NC(C)(C)C(C)O. The van der Waals surface area contributed by atoms with Crippen molar-refractivity contribution in [2.24, 2.45) is 0 Å². The zero-order valence-electron chi connectivity index (χ0n) is 9.26. The van der Waals surface area contributed by atoms with Gasteiger partial charge in [0.25, 0.3) is 0 Å². The van der Waals surface area contributed by atoms with Crippen LogP contribution in [0.5, 0.6) is 0 Å². The van der Waals surface area contributed by atoms with E-state index in [1.165, 1.54) is 6.92 Å². The number of carbonyl (C=O) groups excluding carboxylic acids is 2. The summed E-state index contributed by atoms with van der Waals surface area (Å²) in [6.07, 6.45) is -0.184. The molecule has 0 saturated heterocycles. The molecule has 0 aliphatic heterocycles. The summed E-state index contributed by atoms with van der Waals surface area (Å²) < 4.78 is 0. The molecule has 0 aromatic carbocycles. The maximum absolute atomic E-state index is 11.3. The molecular weight excluding hydrogens is 182 g/mol. The van der Waals surface area contributed by atoms with Crippen LogP contribution >= 0.6 is 0 Å². The first-order valence-corrected chi connectivity index (χ1v) is 4.74. The third-order valence-electron chi connectivity index (χ3n) is 2.21. The van der Waals surface area contributed by atoms with Gasteiger partial charge in [0.05, 0.1) is 11.6 Å². The first kappa shape index (κ1) is 13.1. The summed E-state index contributed by atoms with van der Waals surface area (Å²) in [5.41, 5.74) is -0.645. The van der Waals surface area contributed by atoms with E-state index in [0.717, 1.165) is 0 Å². The molecule has 0 radical (unpaired) electrons. The Balaban J connectivity index is 4.00. The number of carbonyl (C=O) groups is 2. The smallest absolute Gasteiger partial charge is 0.220 e. The highest BCUT2D eigenvalue weighted by Gasteiger charge is 2.25. The largest absolute Gasteiger partial charge is 0.391 e. The molecule has 82 valence electrons. The molecule has 0 aliphatic carbocycles. The molecule has 2 N–H and O–H groups in total. The molecule has 0 aliphatic rings. The number of Topliss-reactive ketones (excluding diaryl/α,β-unsaturated/α-hetero) is 1. The Morgan fingerprint density at radius 3 is 2.21 bits per heavy atom. The van der Waals surface area contributed by atoms with Crippen molar-refractivity contribution < 1.29 is 14.7 Å². The predicted octanol–water partition coefficient (Wildman–Crippen LogP) is 0.631. The van der Waals surface area contributed by atoms with E-state index in [1.54, 1.807) is 20.8 Å². The van der Waals surface area contributed by atoms with Gasteiger partial charge in [-0.3, -0.25) is 4.79 Å². The number of nitrogens with one attached hydrogen (secondary N) is 1. The number of aliphatic hydroxyl groups is 1. The molecule has 14 heavy (non-hydrogen) atoms. The number of hydrogen-bond acceptors (Lipinski definition) is 3. The Labute approximate surface area is 84.7 Å². The number of aliphatic hydroxyl groups excluding tert-OH is 1. The summed E-state index contributed by atoms with van der Waals surface area (Å²) in [6.45, 7) is 6.55. The van der Waals surface area contributed by atoms with Crippen LogP contribution in [-0.2, 0) is 9.59 Å². The van der Waals surface area contributed by atoms with Crippen LogP contribution in [0.15, 0.2) is 0 Å². The van der Waals surface area contributed by atoms with Crippen LogP contribution in [0.2, 0.25) is 0 Å². The van der Waals surface area contributed by atoms with Gasteiger partial charge in [-0.05, 0) is 27.7 Å². The second kappa shape index (κ2) is 5.10. The summed E-state index contributed by atoms with van der Waals surface area (Å²) >= 11 is 0. The van der Waals surface area contributed by atoms with Crippen molar-refractivity contribution in [1.82, 2.24) is 5.32 Å². The molecule has 0 saturated carbocycles. The Morgan fingerprint density at radius 1 is 1.36 bits per heavy atom. The molecular formula is C10H19NO3. The minimum atomic E-state index is -0.645. The molecule has 0 aromatic rings. The highest BCUT2D eigenvalue weighted by Crippen LogP contribution is 2.08. The molecule has 1 atom stereocenters. The van der Waals surface area contributed by atoms with Gasteiger partial charge < -0.3 is 15.2 Å². The van der Waals surface area contributed by atoms with Crippen LogP contribution in [-0.4, -0.2) is 28.4 Å². The standard InChI is InChI=1S/C10H19NO3/c1-7(12)5-6-9(14)11-10(3,4)8(2)13/h8,13H,5-6H2,1-4H3,(H,11,14). The Hall–Kier alpha value is -0.900. The fraction of sp³-hybridized carbons (Fsp3) is 0.800. The fourth-order valence-corrected chi connectivity index (χ4v) is 0.816. The minimum absolute atomic E-state index is 0.00463. The van der Waals surface area contributed by atoms with Crippen LogP contribution in [0.4, 0.5) is 0 Å². The van der Waals surface area contributed by atoms with Gasteiger partial charge in [0.15, 0.2) is 0 Å². The summed E-state index contributed by atoms with van der Waals surface area (Å²) in [5, 5.41) is 12.0. The van der Waals surface area contributed by atoms with Crippen molar-refractivity contribution in [2.75, 3.05) is 0 Å². The molecule has 1 amide bonds. The lowest BCUT2D eigenvalue weighted by molar-refractivity contribution is -0.126. The quantitative estimate of drug-likeness (QED) is 0.685. The van der Waals surface area contributed by atoms with Crippen LogP contribution in [0.1, 0.15) is 40.5 Å².